The third kappa shape index (κ3) is 4.56. The molecule has 2 heterocycles. The third-order valence-corrected chi connectivity index (χ3v) is 5.52. The predicted molar refractivity (Wildman–Crippen MR) is 103 cm³/mol. The minimum absolute atomic E-state index is 0.238. The van der Waals surface area contributed by atoms with Crippen LogP contribution in [0.1, 0.15) is 33.6 Å². The van der Waals surface area contributed by atoms with Gasteiger partial charge in [-0.1, -0.05) is 31.2 Å². The van der Waals surface area contributed by atoms with Gasteiger partial charge in [0.15, 0.2) is 0 Å². The topological polar surface area (TPSA) is 104 Å². The van der Waals surface area contributed by atoms with Crippen molar-refractivity contribution in [1.82, 2.24) is 5.32 Å². The largest absolute Gasteiger partial charge is 0.464 e. The zero-order chi connectivity index (χ0) is 19.3. The van der Waals surface area contributed by atoms with Gasteiger partial charge < -0.3 is 20.4 Å². The van der Waals surface area contributed by atoms with Crippen LogP contribution in [-0.2, 0) is 9.53 Å². The highest BCUT2D eigenvalue weighted by molar-refractivity contribution is 8.16. The first-order valence-electron chi connectivity index (χ1n) is 8.46. The Labute approximate surface area is 157 Å². The van der Waals surface area contributed by atoms with E-state index in [-0.39, 0.29) is 11.9 Å². The van der Waals surface area contributed by atoms with Gasteiger partial charge in [0, 0.05) is 5.75 Å². The Morgan fingerprint density at radius 3 is 3.04 bits per heavy atom. The summed E-state index contributed by atoms with van der Waals surface area (Å²) in [4.78, 5) is 17.3. The normalized spacial score (nSPS) is 27.0. The zero-order valence-electron chi connectivity index (χ0n) is 15.2. The summed E-state index contributed by atoms with van der Waals surface area (Å²) in [7, 11) is 0. The number of nitrogens with one attached hydrogen (secondary N) is 1. The first-order valence-corrected chi connectivity index (χ1v) is 9.44. The highest BCUT2D eigenvalue weighted by Gasteiger charge is 2.40. The summed E-state index contributed by atoms with van der Waals surface area (Å²) in [6, 6.07) is -0.375. The zero-order valence-corrected chi connectivity index (χ0v) is 16.0. The van der Waals surface area contributed by atoms with E-state index < -0.39 is 11.8 Å². The number of carbonyl (C=O) groups is 1. The molecule has 2 rings (SSSR count). The number of aliphatic hydroxyl groups excluding tert-OH is 1. The molecule has 0 spiro atoms. The van der Waals surface area contributed by atoms with Gasteiger partial charge in [0.05, 0.1) is 6.04 Å². The van der Waals surface area contributed by atoms with Gasteiger partial charge in [-0.3, -0.25) is 9.79 Å². The van der Waals surface area contributed by atoms with E-state index in [4.69, 9.17) is 9.94 Å². The van der Waals surface area contributed by atoms with Crippen LogP contribution in [0.2, 0.25) is 0 Å². The summed E-state index contributed by atoms with van der Waals surface area (Å²) in [6.45, 7) is 9.10. The molecule has 0 saturated carbocycles. The van der Waals surface area contributed by atoms with Crippen molar-refractivity contribution in [2.24, 2.45) is 10.1 Å². The maximum absolute atomic E-state index is 12.9. The molecule has 7 nitrogen and oxygen atoms in total. The molecule has 0 aromatic rings. The summed E-state index contributed by atoms with van der Waals surface area (Å²) in [5.74, 6) is 0.717. The van der Waals surface area contributed by atoms with Crippen LogP contribution in [-0.4, -0.2) is 50.6 Å². The molecule has 0 saturated heterocycles. The molecule has 3 N–H and O–H groups in total. The number of rotatable bonds is 7. The average molecular weight is 379 g/mol. The highest BCUT2D eigenvalue weighted by Crippen LogP contribution is 2.29. The van der Waals surface area contributed by atoms with Crippen LogP contribution in [0, 0.1) is 0 Å². The van der Waals surface area contributed by atoms with Gasteiger partial charge in [0.2, 0.25) is 12.2 Å². The van der Waals surface area contributed by atoms with E-state index in [1.54, 1.807) is 32.1 Å². The number of hydrogen-bond acceptors (Lipinski definition) is 7. The van der Waals surface area contributed by atoms with Gasteiger partial charge in [-0.25, -0.2) is 0 Å². The van der Waals surface area contributed by atoms with Gasteiger partial charge in [-0.05, 0) is 38.0 Å². The quantitative estimate of drug-likeness (QED) is 0.358. The Morgan fingerprint density at radius 2 is 2.42 bits per heavy atom. The second-order valence-corrected chi connectivity index (χ2v) is 7.37. The number of thioether (sulfide) groups is 1. The number of hydrogen-bond donors (Lipinski definition) is 3. The molecule has 0 radical (unpaired) electrons. The van der Waals surface area contributed by atoms with Gasteiger partial charge in [-0.15, -0.1) is 11.8 Å². The first kappa shape index (κ1) is 20.3. The lowest BCUT2D eigenvalue weighted by Crippen LogP contribution is -2.49. The Balaban J connectivity index is 2.19. The Hall–Kier alpha value is -2.06. The van der Waals surface area contributed by atoms with E-state index in [2.05, 4.69) is 22.0 Å². The fourth-order valence-corrected chi connectivity index (χ4v) is 3.75. The van der Waals surface area contributed by atoms with Crippen molar-refractivity contribution in [2.75, 3.05) is 5.75 Å². The predicted octanol–water partition coefficient (Wildman–Crippen LogP) is 2.37. The lowest BCUT2D eigenvalue weighted by molar-refractivity contribution is -0.126. The van der Waals surface area contributed by atoms with Crippen molar-refractivity contribution >= 4 is 28.4 Å². The van der Waals surface area contributed by atoms with E-state index in [0.29, 0.717) is 28.7 Å². The summed E-state index contributed by atoms with van der Waals surface area (Å²) in [5, 5.41) is 25.4. The van der Waals surface area contributed by atoms with Crippen molar-refractivity contribution in [3.05, 3.63) is 36.1 Å². The number of carbonyl (C=O) groups excluding carboxylic acids is 1. The summed E-state index contributed by atoms with van der Waals surface area (Å²) < 4.78 is 5.49. The molecule has 1 unspecified atom stereocenters. The van der Waals surface area contributed by atoms with Gasteiger partial charge in [0.1, 0.15) is 22.1 Å². The number of allylic oxidation sites excluding steroid dienone is 3. The van der Waals surface area contributed by atoms with E-state index in [9.17, 15) is 9.90 Å². The summed E-state index contributed by atoms with van der Waals surface area (Å²) >= 11 is 1.38. The SMILES string of the molecule is C=CC1=CC(O)OC([C@@H](CCC)NC(=O)[C@]2(C)CSC(/C(C)=N/O)=N2)=C1. The lowest BCUT2D eigenvalue weighted by atomic mass is 10.0. The van der Waals surface area contributed by atoms with Crippen LogP contribution in [0.3, 0.4) is 0 Å². The number of aliphatic hydroxyl groups is 1. The van der Waals surface area contributed by atoms with Crippen LogP contribution < -0.4 is 5.32 Å². The van der Waals surface area contributed by atoms with E-state index in [0.717, 1.165) is 12.0 Å². The monoisotopic (exact) mass is 379 g/mol. The van der Waals surface area contributed by atoms with Crippen LogP contribution in [0.4, 0.5) is 0 Å². The third-order valence-electron chi connectivity index (χ3n) is 4.15. The standard InChI is InChI=1S/C18H25N3O4S/c1-5-7-13(14-8-12(6-2)9-15(22)25-14)19-17(23)18(4)10-26-16(20-18)11(3)21-24/h6,8-9,13,15,22,24H,2,5,7,10H2,1,3-4H3,(H,19,23)/b21-11+/t13-,15?,18+/m1/s1. The molecule has 2 aliphatic heterocycles. The number of oxime groups is 1. The fourth-order valence-electron chi connectivity index (χ4n) is 2.62. The van der Waals surface area contributed by atoms with Crippen molar-refractivity contribution < 1.29 is 19.8 Å². The van der Waals surface area contributed by atoms with Crippen molar-refractivity contribution in [2.45, 2.75) is 51.5 Å². The molecule has 0 fully saturated rings. The van der Waals surface area contributed by atoms with Crippen molar-refractivity contribution in [3.63, 3.8) is 0 Å². The van der Waals surface area contributed by atoms with Crippen LogP contribution in [0.15, 0.2) is 46.3 Å². The molecule has 0 bridgehead atoms. The molecular formula is C18H25N3O4S. The fraction of sp³-hybridized carbons (Fsp3) is 0.500. The average Bonchev–Trinajstić information content (AvgIpc) is 3.03. The minimum atomic E-state index is -1.06. The maximum Gasteiger partial charge on any atom is 0.249 e. The van der Waals surface area contributed by atoms with Crippen molar-refractivity contribution in [3.8, 4) is 0 Å². The minimum Gasteiger partial charge on any atom is -0.464 e. The van der Waals surface area contributed by atoms with E-state index in [1.165, 1.54) is 11.8 Å². The second kappa shape index (κ2) is 8.55. The molecule has 8 heteroatoms. The molecule has 0 aromatic heterocycles. The molecular weight excluding hydrogens is 354 g/mol. The Morgan fingerprint density at radius 1 is 1.69 bits per heavy atom. The number of aliphatic imine (C=N–C) groups is 1. The number of amides is 1. The Kier molecular flexibility index (Phi) is 6.66. The van der Waals surface area contributed by atoms with E-state index in [1.807, 2.05) is 6.92 Å². The van der Waals surface area contributed by atoms with Crippen LogP contribution in [0.25, 0.3) is 0 Å². The highest BCUT2D eigenvalue weighted by atomic mass is 32.2. The lowest BCUT2D eigenvalue weighted by Gasteiger charge is -2.29. The van der Waals surface area contributed by atoms with Crippen molar-refractivity contribution in [1.29, 1.82) is 0 Å². The number of nitrogens with zero attached hydrogens (tertiary/aromatic N) is 2. The Bertz CT molecular complexity index is 699. The maximum atomic E-state index is 12.9. The van der Waals surface area contributed by atoms with E-state index >= 15 is 0 Å². The first-order chi connectivity index (χ1) is 12.3. The molecule has 26 heavy (non-hydrogen) atoms. The molecule has 142 valence electrons. The number of ether oxygens (including phenoxy) is 1. The molecule has 2 aliphatic rings. The van der Waals surface area contributed by atoms with Crippen LogP contribution in [0.5, 0.6) is 0 Å². The summed E-state index contributed by atoms with van der Waals surface area (Å²) in [6.07, 6.45) is 5.35. The van der Waals surface area contributed by atoms with Gasteiger partial charge in [0.25, 0.3) is 0 Å². The molecule has 0 aromatic carbocycles. The molecule has 0 aliphatic carbocycles. The smallest absolute Gasteiger partial charge is 0.249 e. The molecule has 3 atom stereocenters. The van der Waals surface area contributed by atoms with Gasteiger partial charge >= 0.3 is 0 Å². The second-order valence-electron chi connectivity index (χ2n) is 6.41. The molecule has 1 amide bonds. The summed E-state index contributed by atoms with van der Waals surface area (Å²) in [5.41, 5.74) is 0.175. The van der Waals surface area contributed by atoms with Crippen LogP contribution >= 0.6 is 11.8 Å². The van der Waals surface area contributed by atoms with Gasteiger partial charge in [-0.2, -0.15) is 0 Å².